The van der Waals surface area contributed by atoms with E-state index in [-0.39, 0.29) is 11.9 Å². The lowest BCUT2D eigenvalue weighted by molar-refractivity contribution is -0.121. The van der Waals surface area contributed by atoms with Crippen molar-refractivity contribution < 1.29 is 4.79 Å². The molecule has 0 saturated carbocycles. The number of nitrogens with zero attached hydrogens (tertiary/aromatic N) is 1. The summed E-state index contributed by atoms with van der Waals surface area (Å²) in [5.74, 6) is 1.38. The number of guanidine groups is 1. The van der Waals surface area contributed by atoms with E-state index in [1.807, 2.05) is 13.8 Å². The molecule has 1 amide bonds. The minimum atomic E-state index is 0.0619. The molecule has 0 aliphatic rings. The summed E-state index contributed by atoms with van der Waals surface area (Å²) in [5.41, 5.74) is 0. The Hall–Kier alpha value is -1.26. The summed E-state index contributed by atoms with van der Waals surface area (Å²) in [5, 5.41) is 9.14. The van der Waals surface area contributed by atoms with Gasteiger partial charge in [0.15, 0.2) is 5.96 Å². The van der Waals surface area contributed by atoms with Gasteiger partial charge >= 0.3 is 0 Å². The van der Waals surface area contributed by atoms with Crippen LogP contribution in [0.4, 0.5) is 0 Å². The van der Waals surface area contributed by atoms with Crippen LogP contribution in [-0.4, -0.2) is 38.0 Å². The van der Waals surface area contributed by atoms with E-state index in [1.54, 1.807) is 7.05 Å². The number of amides is 1. The summed E-state index contributed by atoms with van der Waals surface area (Å²) < 4.78 is 0. The molecule has 17 heavy (non-hydrogen) atoms. The van der Waals surface area contributed by atoms with Gasteiger partial charge < -0.3 is 16.0 Å². The Bertz CT molecular complexity index is 249. The first-order valence-electron chi connectivity index (χ1n) is 6.19. The molecule has 3 N–H and O–H groups in total. The zero-order chi connectivity index (χ0) is 13.3. The predicted octanol–water partition coefficient (Wildman–Crippen LogP) is 0.722. The van der Waals surface area contributed by atoms with Crippen LogP contribution in [0.15, 0.2) is 4.99 Å². The zero-order valence-corrected chi connectivity index (χ0v) is 11.6. The molecular weight excluding hydrogens is 216 g/mol. The second-order valence-electron chi connectivity index (χ2n) is 4.75. The molecule has 5 nitrogen and oxygen atoms in total. The van der Waals surface area contributed by atoms with Crippen LogP contribution in [0.1, 0.15) is 34.1 Å². The number of carbonyl (C=O) groups excluding carboxylic acids is 1. The Labute approximate surface area is 104 Å². The van der Waals surface area contributed by atoms with Gasteiger partial charge in [0.1, 0.15) is 0 Å². The summed E-state index contributed by atoms with van der Waals surface area (Å²) >= 11 is 0. The Morgan fingerprint density at radius 3 is 2.29 bits per heavy atom. The van der Waals surface area contributed by atoms with Gasteiger partial charge in [-0.15, -0.1) is 0 Å². The van der Waals surface area contributed by atoms with E-state index < -0.39 is 0 Å². The highest BCUT2D eigenvalue weighted by atomic mass is 16.1. The fraction of sp³-hybridized carbons (Fsp3) is 0.833. The molecule has 100 valence electrons. The van der Waals surface area contributed by atoms with Gasteiger partial charge in [0.05, 0.1) is 0 Å². The predicted molar refractivity (Wildman–Crippen MR) is 72.1 cm³/mol. The normalized spacial score (nSPS) is 11.8. The Balaban J connectivity index is 3.74. The molecule has 0 heterocycles. The number of hydrogen-bond donors (Lipinski definition) is 3. The van der Waals surface area contributed by atoms with Crippen LogP contribution < -0.4 is 16.0 Å². The van der Waals surface area contributed by atoms with Gasteiger partial charge in [-0.25, -0.2) is 0 Å². The molecule has 0 unspecified atom stereocenters. The van der Waals surface area contributed by atoms with Crippen LogP contribution in [-0.2, 0) is 4.79 Å². The van der Waals surface area contributed by atoms with Crippen molar-refractivity contribution in [1.82, 2.24) is 16.0 Å². The van der Waals surface area contributed by atoms with Crippen molar-refractivity contribution in [2.45, 2.75) is 40.2 Å². The quantitative estimate of drug-likeness (QED) is 0.475. The van der Waals surface area contributed by atoms with Crippen molar-refractivity contribution in [2.75, 3.05) is 20.1 Å². The maximum atomic E-state index is 11.4. The highest BCUT2D eigenvalue weighted by molar-refractivity contribution is 5.81. The molecule has 0 fully saturated rings. The van der Waals surface area contributed by atoms with Crippen molar-refractivity contribution in [2.24, 2.45) is 10.9 Å². The smallest absolute Gasteiger partial charge is 0.221 e. The number of hydrogen-bond acceptors (Lipinski definition) is 2. The Morgan fingerprint density at radius 2 is 1.82 bits per heavy atom. The molecule has 0 aromatic heterocycles. The van der Waals surface area contributed by atoms with E-state index in [4.69, 9.17) is 0 Å². The van der Waals surface area contributed by atoms with Crippen LogP contribution in [0.25, 0.3) is 0 Å². The van der Waals surface area contributed by atoms with Crippen molar-refractivity contribution in [3.63, 3.8) is 0 Å². The van der Waals surface area contributed by atoms with Gasteiger partial charge in [-0.2, -0.15) is 0 Å². The SMILES string of the molecule is CN=C(NCCC(=O)NC(C)C)NCC(C)C. The van der Waals surface area contributed by atoms with Crippen LogP contribution in [0.5, 0.6) is 0 Å². The molecule has 0 rings (SSSR count). The van der Waals surface area contributed by atoms with E-state index in [0.29, 0.717) is 18.9 Å². The highest BCUT2D eigenvalue weighted by Crippen LogP contribution is 1.87. The number of rotatable bonds is 6. The highest BCUT2D eigenvalue weighted by Gasteiger charge is 2.04. The van der Waals surface area contributed by atoms with Gasteiger partial charge in [0.25, 0.3) is 0 Å². The average Bonchev–Trinajstić information content (AvgIpc) is 2.21. The molecule has 0 aliphatic heterocycles. The third-order valence-corrected chi connectivity index (χ3v) is 2.00. The molecule has 0 radical (unpaired) electrons. The summed E-state index contributed by atoms with van der Waals surface area (Å²) in [7, 11) is 1.73. The second-order valence-corrected chi connectivity index (χ2v) is 4.75. The van der Waals surface area contributed by atoms with E-state index >= 15 is 0 Å². The third kappa shape index (κ3) is 9.66. The third-order valence-electron chi connectivity index (χ3n) is 2.00. The van der Waals surface area contributed by atoms with Gasteiger partial charge in [-0.05, 0) is 19.8 Å². The first kappa shape index (κ1) is 15.7. The monoisotopic (exact) mass is 242 g/mol. The summed E-state index contributed by atoms with van der Waals surface area (Å²) in [6.07, 6.45) is 0.459. The van der Waals surface area contributed by atoms with Crippen LogP contribution in [0.3, 0.4) is 0 Å². The Kier molecular flexibility index (Phi) is 8.19. The molecule has 0 spiro atoms. The van der Waals surface area contributed by atoms with Crippen molar-refractivity contribution >= 4 is 11.9 Å². The molecular formula is C12H26N4O. The minimum Gasteiger partial charge on any atom is -0.356 e. The standard InChI is InChI=1S/C12H26N4O/c1-9(2)8-15-12(13-5)14-7-6-11(17)16-10(3)4/h9-10H,6-8H2,1-5H3,(H,16,17)(H2,13,14,15). The maximum absolute atomic E-state index is 11.4. The van der Waals surface area contributed by atoms with Gasteiger partial charge in [-0.3, -0.25) is 9.79 Å². The molecule has 5 heteroatoms. The van der Waals surface area contributed by atoms with Crippen LogP contribution >= 0.6 is 0 Å². The van der Waals surface area contributed by atoms with Crippen molar-refractivity contribution in [1.29, 1.82) is 0 Å². The molecule has 0 aliphatic carbocycles. The topological polar surface area (TPSA) is 65.5 Å². The fourth-order valence-electron chi connectivity index (χ4n) is 1.21. The number of nitrogens with one attached hydrogen (secondary N) is 3. The average molecular weight is 242 g/mol. The molecule has 0 saturated heterocycles. The minimum absolute atomic E-state index is 0.0619. The van der Waals surface area contributed by atoms with Gasteiger partial charge in [0, 0.05) is 32.6 Å². The second kappa shape index (κ2) is 8.84. The van der Waals surface area contributed by atoms with Crippen LogP contribution in [0, 0.1) is 5.92 Å². The largest absolute Gasteiger partial charge is 0.356 e. The van der Waals surface area contributed by atoms with E-state index in [9.17, 15) is 4.79 Å². The lowest BCUT2D eigenvalue weighted by Gasteiger charge is -2.13. The van der Waals surface area contributed by atoms with Crippen molar-refractivity contribution in [3.05, 3.63) is 0 Å². The molecule has 0 bridgehead atoms. The fourth-order valence-corrected chi connectivity index (χ4v) is 1.21. The molecule has 0 aromatic carbocycles. The summed E-state index contributed by atoms with van der Waals surface area (Å²) in [4.78, 5) is 15.5. The lowest BCUT2D eigenvalue weighted by atomic mass is 10.2. The summed E-state index contributed by atoms with van der Waals surface area (Å²) in [6.45, 7) is 9.64. The first-order valence-corrected chi connectivity index (χ1v) is 6.19. The van der Waals surface area contributed by atoms with Gasteiger partial charge in [0.2, 0.25) is 5.91 Å². The summed E-state index contributed by atoms with van der Waals surface area (Å²) in [6, 6.07) is 0.195. The zero-order valence-electron chi connectivity index (χ0n) is 11.6. The van der Waals surface area contributed by atoms with E-state index in [1.165, 1.54) is 0 Å². The number of aliphatic imine (C=N–C) groups is 1. The van der Waals surface area contributed by atoms with Gasteiger partial charge in [-0.1, -0.05) is 13.8 Å². The lowest BCUT2D eigenvalue weighted by Crippen LogP contribution is -2.41. The van der Waals surface area contributed by atoms with E-state index in [2.05, 4.69) is 34.8 Å². The number of carbonyl (C=O) groups is 1. The van der Waals surface area contributed by atoms with E-state index in [0.717, 1.165) is 12.5 Å². The molecule has 0 aromatic rings. The Morgan fingerprint density at radius 1 is 1.18 bits per heavy atom. The maximum Gasteiger partial charge on any atom is 0.221 e. The molecule has 0 atom stereocenters. The first-order chi connectivity index (χ1) is 7.95. The van der Waals surface area contributed by atoms with Crippen LogP contribution in [0.2, 0.25) is 0 Å². The van der Waals surface area contributed by atoms with Crippen molar-refractivity contribution in [3.8, 4) is 0 Å².